The highest BCUT2D eigenvalue weighted by molar-refractivity contribution is 5.85. The number of hydrogen-bond acceptors (Lipinski definition) is 10. The molecule has 0 aliphatic rings. The molecule has 0 amide bonds. The molecule has 12 nitrogen and oxygen atoms in total. The van der Waals surface area contributed by atoms with Crippen molar-refractivity contribution in [3.05, 3.63) is 59.9 Å². The Balaban J connectivity index is 1.21. The van der Waals surface area contributed by atoms with Gasteiger partial charge < -0.3 is 31.9 Å². The van der Waals surface area contributed by atoms with E-state index >= 15 is 0 Å². The van der Waals surface area contributed by atoms with Gasteiger partial charge >= 0.3 is 0 Å². The van der Waals surface area contributed by atoms with Gasteiger partial charge in [0.05, 0.1) is 44.7 Å². The SMILES string of the molecule is CCCN(C)c1nc2c(N)nc3ccccc3n2c1CC(C)(O)CCCCNc1nc2c(N)nc3ccccc3n2c1CC(C)(C)O. The molecule has 1 atom stereocenters. The highest BCUT2D eigenvalue weighted by Crippen LogP contribution is 2.33. The molecule has 7 N–H and O–H groups in total. The van der Waals surface area contributed by atoms with E-state index in [9.17, 15) is 10.2 Å². The molecule has 6 rings (SSSR count). The van der Waals surface area contributed by atoms with E-state index in [1.807, 2.05) is 66.9 Å². The summed E-state index contributed by atoms with van der Waals surface area (Å²) in [6.45, 7) is 9.06. The van der Waals surface area contributed by atoms with Gasteiger partial charge in [-0.1, -0.05) is 31.2 Å². The normalized spacial score (nSPS) is 13.6. The van der Waals surface area contributed by atoms with Gasteiger partial charge in [0.15, 0.2) is 28.7 Å². The highest BCUT2D eigenvalue weighted by atomic mass is 16.3. The van der Waals surface area contributed by atoms with Gasteiger partial charge in [-0.05, 0) is 70.7 Å². The Morgan fingerprint density at radius 2 is 1.36 bits per heavy atom. The van der Waals surface area contributed by atoms with E-state index in [1.54, 1.807) is 13.8 Å². The molecular formula is C35H46N10O2. The number of fused-ring (bicyclic) bond motifs is 6. The van der Waals surface area contributed by atoms with Gasteiger partial charge in [0, 0.05) is 33.0 Å². The first-order valence-electron chi connectivity index (χ1n) is 16.4. The van der Waals surface area contributed by atoms with Crippen LogP contribution in [-0.2, 0) is 12.8 Å². The lowest BCUT2D eigenvalue weighted by Crippen LogP contribution is -2.30. The molecule has 248 valence electrons. The number of aliphatic hydroxyl groups is 2. The summed E-state index contributed by atoms with van der Waals surface area (Å²) in [4.78, 5) is 21.0. The Labute approximate surface area is 274 Å². The fourth-order valence-corrected chi connectivity index (χ4v) is 6.52. The number of hydrogen-bond donors (Lipinski definition) is 5. The number of benzene rings is 2. The van der Waals surface area contributed by atoms with Crippen molar-refractivity contribution in [3.8, 4) is 0 Å². The third kappa shape index (κ3) is 6.48. The van der Waals surface area contributed by atoms with E-state index in [4.69, 9.17) is 21.4 Å². The molecule has 4 heterocycles. The average molecular weight is 639 g/mol. The van der Waals surface area contributed by atoms with Gasteiger partial charge in [-0.25, -0.2) is 19.9 Å². The molecule has 0 radical (unpaired) electrons. The molecule has 0 aliphatic carbocycles. The maximum Gasteiger partial charge on any atom is 0.182 e. The first kappa shape index (κ1) is 32.3. The number of imidazole rings is 2. The van der Waals surface area contributed by atoms with Gasteiger partial charge in [0.25, 0.3) is 0 Å². The Bertz CT molecular complexity index is 2060. The molecule has 0 aliphatic heterocycles. The summed E-state index contributed by atoms with van der Waals surface area (Å²) in [6.07, 6.45) is 3.91. The van der Waals surface area contributed by atoms with Crippen molar-refractivity contribution in [2.75, 3.05) is 41.8 Å². The zero-order chi connectivity index (χ0) is 33.5. The molecule has 2 aromatic carbocycles. The van der Waals surface area contributed by atoms with E-state index in [-0.39, 0.29) is 0 Å². The minimum atomic E-state index is -0.995. The lowest BCUT2D eigenvalue weighted by atomic mass is 9.93. The van der Waals surface area contributed by atoms with Gasteiger partial charge in [0.2, 0.25) is 0 Å². The Kier molecular flexibility index (Phi) is 8.58. The second-order valence-electron chi connectivity index (χ2n) is 13.5. The van der Waals surface area contributed by atoms with Crippen LogP contribution in [0.4, 0.5) is 23.3 Å². The third-order valence-electron chi connectivity index (χ3n) is 8.61. The number of rotatable bonds is 13. The number of para-hydroxylation sites is 4. The van der Waals surface area contributed by atoms with Crippen LogP contribution < -0.4 is 21.7 Å². The van der Waals surface area contributed by atoms with Crippen molar-refractivity contribution in [1.29, 1.82) is 0 Å². The lowest BCUT2D eigenvalue weighted by molar-refractivity contribution is 0.0479. The summed E-state index contributed by atoms with van der Waals surface area (Å²) in [5, 5.41) is 26.0. The second kappa shape index (κ2) is 12.5. The van der Waals surface area contributed by atoms with Crippen molar-refractivity contribution in [2.45, 2.75) is 77.4 Å². The fourth-order valence-electron chi connectivity index (χ4n) is 6.52. The van der Waals surface area contributed by atoms with E-state index in [1.165, 1.54) is 0 Å². The van der Waals surface area contributed by atoms with Gasteiger partial charge in [-0.3, -0.25) is 8.80 Å². The first-order valence-corrected chi connectivity index (χ1v) is 16.4. The molecule has 4 aromatic heterocycles. The monoisotopic (exact) mass is 638 g/mol. The topological polar surface area (TPSA) is 168 Å². The molecule has 0 fully saturated rings. The van der Waals surface area contributed by atoms with E-state index < -0.39 is 11.2 Å². The predicted octanol–water partition coefficient (Wildman–Crippen LogP) is 4.98. The molecule has 0 saturated heterocycles. The zero-order valence-electron chi connectivity index (χ0n) is 28.0. The number of unbranched alkanes of at least 4 members (excludes halogenated alkanes) is 1. The number of nitrogens with one attached hydrogen (secondary N) is 1. The number of nitrogens with zero attached hydrogens (tertiary/aromatic N) is 7. The molecular weight excluding hydrogens is 592 g/mol. The summed E-state index contributed by atoms with van der Waals surface area (Å²) >= 11 is 0. The number of nitrogens with two attached hydrogens (primary N) is 2. The van der Waals surface area contributed by atoms with Gasteiger partial charge in [-0.2, -0.15) is 0 Å². The molecule has 0 spiro atoms. The quantitative estimate of drug-likeness (QED) is 0.109. The minimum Gasteiger partial charge on any atom is -0.390 e. The summed E-state index contributed by atoms with van der Waals surface area (Å²) in [6, 6.07) is 15.7. The van der Waals surface area contributed by atoms with Crippen LogP contribution >= 0.6 is 0 Å². The van der Waals surface area contributed by atoms with Crippen molar-refractivity contribution >= 4 is 56.6 Å². The van der Waals surface area contributed by atoms with Crippen molar-refractivity contribution in [1.82, 2.24) is 28.7 Å². The highest BCUT2D eigenvalue weighted by Gasteiger charge is 2.28. The third-order valence-corrected chi connectivity index (χ3v) is 8.61. The van der Waals surface area contributed by atoms with Crippen LogP contribution in [0.2, 0.25) is 0 Å². The lowest BCUT2D eigenvalue weighted by Gasteiger charge is -2.26. The number of nitrogen functional groups attached to an aromatic ring is 2. The van der Waals surface area contributed by atoms with E-state index in [2.05, 4.69) is 31.5 Å². The Morgan fingerprint density at radius 1 is 0.787 bits per heavy atom. The first-order chi connectivity index (χ1) is 22.4. The maximum atomic E-state index is 11.7. The van der Waals surface area contributed by atoms with E-state index in [0.717, 1.165) is 65.1 Å². The molecule has 12 heteroatoms. The minimum absolute atomic E-state index is 0.339. The van der Waals surface area contributed by atoms with Crippen molar-refractivity contribution in [3.63, 3.8) is 0 Å². The number of anilines is 4. The smallest absolute Gasteiger partial charge is 0.182 e. The molecule has 1 unspecified atom stereocenters. The average Bonchev–Trinajstić information content (AvgIpc) is 3.56. The van der Waals surface area contributed by atoms with Crippen LogP contribution in [0.3, 0.4) is 0 Å². The van der Waals surface area contributed by atoms with Crippen LogP contribution in [0.1, 0.15) is 64.8 Å². The van der Waals surface area contributed by atoms with Crippen LogP contribution in [-0.4, -0.2) is 70.3 Å². The van der Waals surface area contributed by atoms with Crippen LogP contribution in [0, 0.1) is 0 Å². The summed E-state index contributed by atoms with van der Waals surface area (Å²) in [5.74, 6) is 2.20. The standard InChI is InChI=1S/C35H46N10O2/c1-6-19-43(5)31-27(45-25-16-10-8-14-23(25)40-29(37)33(45)42-31)21-35(4,47)17-11-12-18-38-30-26(20-34(2,3)46)44-24-15-9-7-13-22(24)39-28(36)32(44)41-30/h7-10,13-16,38,46-47H,6,11-12,17-21H2,1-5H3,(H2,36,39)(H2,37,40). The van der Waals surface area contributed by atoms with Crippen LogP contribution in [0.5, 0.6) is 0 Å². The predicted molar refractivity (Wildman–Crippen MR) is 190 cm³/mol. The van der Waals surface area contributed by atoms with Crippen molar-refractivity contribution in [2.24, 2.45) is 0 Å². The zero-order valence-corrected chi connectivity index (χ0v) is 28.0. The molecule has 6 aromatic rings. The molecule has 47 heavy (non-hydrogen) atoms. The summed E-state index contributed by atoms with van der Waals surface area (Å²) in [5.41, 5.74) is 17.1. The molecule has 0 bridgehead atoms. The Morgan fingerprint density at radius 3 is 1.96 bits per heavy atom. The van der Waals surface area contributed by atoms with Crippen LogP contribution in [0.15, 0.2) is 48.5 Å². The maximum absolute atomic E-state index is 11.7. The van der Waals surface area contributed by atoms with E-state index in [0.29, 0.717) is 54.6 Å². The Hall–Kier alpha value is -4.68. The largest absolute Gasteiger partial charge is 0.390 e. The van der Waals surface area contributed by atoms with Gasteiger partial charge in [0.1, 0.15) is 5.82 Å². The van der Waals surface area contributed by atoms with Crippen LogP contribution in [0.25, 0.3) is 33.4 Å². The summed E-state index contributed by atoms with van der Waals surface area (Å²) < 4.78 is 4.06. The second-order valence-corrected chi connectivity index (χ2v) is 13.5. The van der Waals surface area contributed by atoms with Crippen molar-refractivity contribution < 1.29 is 10.2 Å². The number of aromatic nitrogens is 6. The van der Waals surface area contributed by atoms with Gasteiger partial charge in [-0.15, -0.1) is 0 Å². The fraction of sp³-hybridized carbons (Fsp3) is 0.429. The summed E-state index contributed by atoms with van der Waals surface area (Å²) in [7, 11) is 2.03. The molecule has 0 saturated carbocycles.